The predicted octanol–water partition coefficient (Wildman–Crippen LogP) is 5.20. The first-order valence-electron chi connectivity index (χ1n) is 13.4. The molecule has 8 nitrogen and oxygen atoms in total. The summed E-state index contributed by atoms with van der Waals surface area (Å²) in [7, 11) is 0. The van der Waals surface area contributed by atoms with Gasteiger partial charge in [-0.2, -0.15) is 0 Å². The number of hydrogen-bond acceptors (Lipinski definition) is 5. The van der Waals surface area contributed by atoms with E-state index in [1.54, 1.807) is 35.2 Å². The molecule has 2 amide bonds. The van der Waals surface area contributed by atoms with Crippen LogP contribution >= 0.6 is 11.6 Å². The van der Waals surface area contributed by atoms with E-state index in [0.717, 1.165) is 22.3 Å². The molecular formula is C32H35ClN2O6. The topological polar surface area (TPSA) is 116 Å². The van der Waals surface area contributed by atoms with Crippen molar-refractivity contribution in [3.63, 3.8) is 0 Å². The average Bonchev–Trinajstić information content (AvgIpc) is 3.04. The van der Waals surface area contributed by atoms with E-state index in [-0.39, 0.29) is 37.6 Å². The molecule has 0 aliphatic carbocycles. The van der Waals surface area contributed by atoms with E-state index in [2.05, 4.69) is 5.32 Å². The zero-order chi connectivity index (χ0) is 29.9. The first-order valence-corrected chi connectivity index (χ1v) is 13.8. The van der Waals surface area contributed by atoms with Gasteiger partial charge in [0, 0.05) is 41.4 Å². The minimum absolute atomic E-state index is 0.146. The van der Waals surface area contributed by atoms with Gasteiger partial charge in [0.25, 0.3) is 5.91 Å². The van der Waals surface area contributed by atoms with Crippen LogP contribution in [0.25, 0.3) is 0 Å². The second kappa shape index (κ2) is 12.4. The highest BCUT2D eigenvalue weighted by Crippen LogP contribution is 2.42. The second-order valence-corrected chi connectivity index (χ2v) is 11.7. The van der Waals surface area contributed by atoms with Crippen LogP contribution in [0.4, 0.5) is 5.69 Å². The Morgan fingerprint density at radius 3 is 2.41 bits per heavy atom. The van der Waals surface area contributed by atoms with Crippen molar-refractivity contribution in [2.75, 3.05) is 18.1 Å². The number of benzene rings is 3. The lowest BCUT2D eigenvalue weighted by Crippen LogP contribution is -2.46. The van der Waals surface area contributed by atoms with Crippen molar-refractivity contribution in [2.45, 2.75) is 52.9 Å². The SMILES string of the molecule is Cc1cccc([C@H]2O[C@H](CC(=O)NCc3ccc(C(=O)O)cc3)C(=O)N(CC(C)(C)CO)c3ccc(Cl)cc32)c1C. The Hall–Kier alpha value is -3.72. The molecular weight excluding hydrogens is 544 g/mol. The van der Waals surface area contributed by atoms with Gasteiger partial charge in [-0.15, -0.1) is 0 Å². The van der Waals surface area contributed by atoms with Gasteiger partial charge in [0.2, 0.25) is 5.91 Å². The quantitative estimate of drug-likeness (QED) is 0.321. The molecule has 1 heterocycles. The molecule has 0 spiro atoms. The van der Waals surface area contributed by atoms with Crippen molar-refractivity contribution in [2.24, 2.45) is 5.41 Å². The molecule has 216 valence electrons. The maximum absolute atomic E-state index is 14.1. The molecule has 0 radical (unpaired) electrons. The summed E-state index contributed by atoms with van der Waals surface area (Å²) in [6.45, 7) is 7.94. The van der Waals surface area contributed by atoms with Gasteiger partial charge < -0.3 is 25.2 Å². The number of ether oxygens (including phenoxy) is 1. The maximum Gasteiger partial charge on any atom is 0.335 e. The first kappa shape index (κ1) is 30.2. The van der Waals surface area contributed by atoms with E-state index in [0.29, 0.717) is 16.3 Å². The molecule has 3 aromatic carbocycles. The van der Waals surface area contributed by atoms with Gasteiger partial charge in [-0.25, -0.2) is 4.79 Å². The average molecular weight is 579 g/mol. The van der Waals surface area contributed by atoms with E-state index < -0.39 is 29.5 Å². The molecule has 0 fully saturated rings. The summed E-state index contributed by atoms with van der Waals surface area (Å²) in [6, 6.07) is 17.4. The van der Waals surface area contributed by atoms with Crippen molar-refractivity contribution in [3.05, 3.63) is 99.1 Å². The second-order valence-electron chi connectivity index (χ2n) is 11.2. The Kier molecular flexibility index (Phi) is 9.17. The molecule has 0 saturated heterocycles. The minimum atomic E-state index is -1.12. The monoisotopic (exact) mass is 578 g/mol. The maximum atomic E-state index is 14.1. The molecule has 1 aliphatic rings. The molecule has 4 rings (SSSR count). The third kappa shape index (κ3) is 6.96. The van der Waals surface area contributed by atoms with Crippen LogP contribution in [0.15, 0.2) is 60.7 Å². The van der Waals surface area contributed by atoms with Crippen molar-refractivity contribution >= 4 is 35.1 Å². The highest BCUT2D eigenvalue weighted by Gasteiger charge is 2.40. The number of hydrogen-bond donors (Lipinski definition) is 3. The van der Waals surface area contributed by atoms with Crippen LogP contribution in [-0.4, -0.2) is 47.3 Å². The number of aliphatic hydroxyl groups excluding tert-OH is 1. The molecule has 9 heteroatoms. The summed E-state index contributed by atoms with van der Waals surface area (Å²) in [4.78, 5) is 39.9. The van der Waals surface area contributed by atoms with Crippen LogP contribution in [0.2, 0.25) is 5.02 Å². The van der Waals surface area contributed by atoms with Crippen LogP contribution in [0.5, 0.6) is 0 Å². The first-order chi connectivity index (χ1) is 19.4. The molecule has 0 saturated carbocycles. The molecule has 2 atom stereocenters. The van der Waals surface area contributed by atoms with E-state index in [1.165, 1.54) is 12.1 Å². The minimum Gasteiger partial charge on any atom is -0.478 e. The summed E-state index contributed by atoms with van der Waals surface area (Å²) >= 11 is 6.45. The van der Waals surface area contributed by atoms with Crippen LogP contribution in [0, 0.1) is 19.3 Å². The number of carbonyl (C=O) groups is 3. The van der Waals surface area contributed by atoms with Crippen molar-refractivity contribution in [1.82, 2.24) is 5.32 Å². The van der Waals surface area contributed by atoms with Gasteiger partial charge in [0.1, 0.15) is 12.2 Å². The lowest BCUT2D eigenvalue weighted by atomic mass is 9.91. The van der Waals surface area contributed by atoms with Crippen molar-refractivity contribution in [3.8, 4) is 0 Å². The number of aryl methyl sites for hydroxylation is 1. The summed E-state index contributed by atoms with van der Waals surface area (Å²) in [5.41, 5.74) is 4.51. The zero-order valence-electron chi connectivity index (χ0n) is 23.6. The fourth-order valence-corrected chi connectivity index (χ4v) is 5.03. The molecule has 0 bridgehead atoms. The number of aromatic carboxylic acids is 1. The normalized spacial score (nSPS) is 17.1. The number of carboxylic acid groups (broad SMARTS) is 1. The Labute approximate surface area is 244 Å². The van der Waals surface area contributed by atoms with E-state index in [1.807, 2.05) is 45.9 Å². The summed E-state index contributed by atoms with van der Waals surface area (Å²) < 4.78 is 6.53. The lowest BCUT2D eigenvalue weighted by molar-refractivity contribution is -0.138. The van der Waals surface area contributed by atoms with Crippen LogP contribution in [0.3, 0.4) is 0 Å². The molecule has 41 heavy (non-hydrogen) atoms. The van der Waals surface area contributed by atoms with E-state index in [4.69, 9.17) is 21.4 Å². The van der Waals surface area contributed by atoms with Crippen molar-refractivity contribution in [1.29, 1.82) is 0 Å². The highest BCUT2D eigenvalue weighted by atomic mass is 35.5. The van der Waals surface area contributed by atoms with Gasteiger partial charge in [-0.3, -0.25) is 9.59 Å². The molecule has 0 aromatic heterocycles. The molecule has 0 unspecified atom stereocenters. The van der Waals surface area contributed by atoms with Gasteiger partial charge in [0.15, 0.2) is 0 Å². The smallest absolute Gasteiger partial charge is 0.335 e. The third-order valence-corrected chi connectivity index (χ3v) is 7.64. The molecule has 3 aromatic rings. The van der Waals surface area contributed by atoms with Crippen LogP contribution in [-0.2, 0) is 20.9 Å². The number of nitrogens with one attached hydrogen (secondary N) is 1. The van der Waals surface area contributed by atoms with Crippen LogP contribution in [0.1, 0.15) is 64.5 Å². The van der Waals surface area contributed by atoms with E-state index in [9.17, 15) is 19.5 Å². The number of carbonyl (C=O) groups excluding carboxylic acids is 2. The lowest BCUT2D eigenvalue weighted by Gasteiger charge is -2.32. The number of aliphatic hydroxyl groups is 1. The summed E-state index contributed by atoms with van der Waals surface area (Å²) in [5, 5.41) is 22.4. The Morgan fingerprint density at radius 2 is 1.76 bits per heavy atom. The Balaban J connectivity index is 1.68. The predicted molar refractivity (Wildman–Crippen MR) is 157 cm³/mol. The van der Waals surface area contributed by atoms with E-state index >= 15 is 0 Å². The fraction of sp³-hybridized carbons (Fsp3) is 0.344. The van der Waals surface area contributed by atoms with Gasteiger partial charge in [0.05, 0.1) is 12.0 Å². The largest absolute Gasteiger partial charge is 0.478 e. The molecule has 1 aliphatic heterocycles. The Bertz CT molecular complexity index is 1450. The standard InChI is InChI=1S/C32H35ClN2O6/c1-19-6-5-7-24(20(19)2)29-25-14-23(33)12-13-26(25)35(17-32(3,4)18-36)30(38)27(41-29)15-28(37)34-16-21-8-10-22(11-9-21)31(39)40/h5-14,27,29,36H,15-18H2,1-4H3,(H,34,37)(H,39,40)/t27-,29-/m1/s1. The van der Waals surface area contributed by atoms with Gasteiger partial charge in [-0.1, -0.05) is 55.8 Å². The van der Waals surface area contributed by atoms with Crippen LogP contribution < -0.4 is 10.2 Å². The zero-order valence-corrected chi connectivity index (χ0v) is 24.4. The number of halogens is 1. The summed E-state index contributed by atoms with van der Waals surface area (Å²) in [6.07, 6.45) is -2.02. The van der Waals surface area contributed by atoms with Crippen molar-refractivity contribution < 1.29 is 29.3 Å². The Morgan fingerprint density at radius 1 is 1.05 bits per heavy atom. The fourth-order valence-electron chi connectivity index (χ4n) is 4.85. The third-order valence-electron chi connectivity index (χ3n) is 7.41. The number of carboxylic acids is 1. The van der Waals surface area contributed by atoms with Gasteiger partial charge in [-0.05, 0) is 66.4 Å². The molecule has 3 N–H and O–H groups in total. The number of anilines is 1. The number of nitrogens with zero attached hydrogens (tertiary/aromatic N) is 1. The summed E-state index contributed by atoms with van der Waals surface area (Å²) in [5.74, 6) is -1.81. The van der Waals surface area contributed by atoms with Gasteiger partial charge >= 0.3 is 5.97 Å². The number of fused-ring (bicyclic) bond motifs is 1. The number of amides is 2. The number of rotatable bonds is 9. The highest BCUT2D eigenvalue weighted by molar-refractivity contribution is 6.30.